The van der Waals surface area contributed by atoms with Crippen LogP contribution >= 0.6 is 11.6 Å². The molecule has 1 aromatic heterocycles. The summed E-state index contributed by atoms with van der Waals surface area (Å²) in [5.41, 5.74) is 0. The second-order valence-electron chi connectivity index (χ2n) is 3.17. The van der Waals surface area contributed by atoms with Gasteiger partial charge in [-0.15, -0.1) is 11.6 Å². The topological polar surface area (TPSA) is 74.8 Å². The van der Waals surface area contributed by atoms with E-state index in [9.17, 15) is 8.42 Å². The Morgan fingerprint density at radius 2 is 2.40 bits per heavy atom. The van der Waals surface area contributed by atoms with E-state index in [1.807, 2.05) is 6.92 Å². The van der Waals surface area contributed by atoms with Crippen molar-refractivity contribution >= 4 is 21.6 Å². The Hall–Kier alpha value is -0.590. The van der Waals surface area contributed by atoms with Crippen molar-refractivity contribution in [1.82, 2.24) is 14.9 Å². The predicted octanol–water partition coefficient (Wildman–Crippen LogP) is 1.10. The molecule has 1 heterocycles. The van der Waals surface area contributed by atoms with E-state index < -0.39 is 10.0 Å². The van der Waals surface area contributed by atoms with Crippen LogP contribution in [0.25, 0.3) is 0 Å². The molecule has 1 unspecified atom stereocenters. The van der Waals surface area contributed by atoms with Crippen LogP contribution in [0.1, 0.15) is 19.8 Å². The number of rotatable bonds is 6. The van der Waals surface area contributed by atoms with Crippen LogP contribution in [0.5, 0.6) is 0 Å². The fraction of sp³-hybridized carbons (Fsp3) is 0.625. The SMILES string of the molecule is CCCC(Cl)CNS(=O)(=O)c1cn[nH]c1. The molecule has 1 atom stereocenters. The molecule has 1 rings (SSSR count). The normalized spacial score (nSPS) is 14.0. The molecule has 0 aliphatic heterocycles. The summed E-state index contributed by atoms with van der Waals surface area (Å²) < 4.78 is 25.6. The van der Waals surface area contributed by atoms with Crippen molar-refractivity contribution in [2.75, 3.05) is 6.54 Å². The summed E-state index contributed by atoms with van der Waals surface area (Å²) in [7, 11) is -3.46. The van der Waals surface area contributed by atoms with Crippen molar-refractivity contribution in [3.8, 4) is 0 Å². The van der Waals surface area contributed by atoms with Gasteiger partial charge in [0, 0.05) is 18.1 Å². The molecule has 0 aliphatic carbocycles. The minimum Gasteiger partial charge on any atom is -0.284 e. The van der Waals surface area contributed by atoms with Gasteiger partial charge >= 0.3 is 0 Å². The summed E-state index contributed by atoms with van der Waals surface area (Å²) >= 11 is 5.90. The highest BCUT2D eigenvalue weighted by Crippen LogP contribution is 2.07. The third-order valence-electron chi connectivity index (χ3n) is 1.88. The first-order chi connectivity index (χ1) is 7.06. The molecule has 1 aromatic rings. The first-order valence-electron chi connectivity index (χ1n) is 4.68. The molecular formula is C8H14ClN3O2S. The lowest BCUT2D eigenvalue weighted by Gasteiger charge is -2.08. The molecule has 0 saturated carbocycles. The maximum Gasteiger partial charge on any atom is 0.243 e. The van der Waals surface area contributed by atoms with Gasteiger partial charge in [-0.25, -0.2) is 13.1 Å². The largest absolute Gasteiger partial charge is 0.284 e. The summed E-state index contributed by atoms with van der Waals surface area (Å²) in [6, 6.07) is 0. The van der Waals surface area contributed by atoms with Crippen molar-refractivity contribution in [2.24, 2.45) is 0 Å². The minimum absolute atomic E-state index is 0.128. The Balaban J connectivity index is 2.52. The number of sulfonamides is 1. The fourth-order valence-electron chi connectivity index (χ4n) is 1.08. The van der Waals surface area contributed by atoms with E-state index in [1.165, 1.54) is 12.4 Å². The number of aromatic nitrogens is 2. The van der Waals surface area contributed by atoms with Crippen LogP contribution in [0.15, 0.2) is 17.3 Å². The second kappa shape index (κ2) is 5.48. The van der Waals surface area contributed by atoms with E-state index >= 15 is 0 Å². The minimum atomic E-state index is -3.46. The third kappa shape index (κ3) is 3.81. The van der Waals surface area contributed by atoms with E-state index in [0.717, 1.165) is 12.8 Å². The second-order valence-corrected chi connectivity index (χ2v) is 5.56. The Morgan fingerprint density at radius 1 is 1.67 bits per heavy atom. The van der Waals surface area contributed by atoms with Crippen molar-refractivity contribution in [2.45, 2.75) is 30.0 Å². The molecule has 15 heavy (non-hydrogen) atoms. The summed E-state index contributed by atoms with van der Waals surface area (Å²) in [6.45, 7) is 2.24. The number of H-pyrrole nitrogens is 1. The lowest BCUT2D eigenvalue weighted by molar-refractivity contribution is 0.577. The average Bonchev–Trinajstić information content (AvgIpc) is 2.69. The highest BCUT2D eigenvalue weighted by molar-refractivity contribution is 7.89. The number of hydrogen-bond acceptors (Lipinski definition) is 3. The summed E-state index contributed by atoms with van der Waals surface area (Å²) in [5, 5.41) is 5.85. The molecule has 0 aliphatic rings. The van der Waals surface area contributed by atoms with Crippen LogP contribution in [-0.2, 0) is 10.0 Å². The Morgan fingerprint density at radius 3 is 2.93 bits per heavy atom. The highest BCUT2D eigenvalue weighted by atomic mass is 35.5. The Bertz CT molecular complexity index is 377. The van der Waals surface area contributed by atoms with Gasteiger partial charge in [-0.1, -0.05) is 13.3 Å². The van der Waals surface area contributed by atoms with Crippen molar-refractivity contribution in [3.05, 3.63) is 12.4 Å². The van der Waals surface area contributed by atoms with E-state index in [1.54, 1.807) is 0 Å². The molecular weight excluding hydrogens is 238 g/mol. The van der Waals surface area contributed by atoms with E-state index in [-0.39, 0.29) is 16.8 Å². The van der Waals surface area contributed by atoms with Gasteiger partial charge in [-0.3, -0.25) is 5.10 Å². The van der Waals surface area contributed by atoms with Crippen LogP contribution in [0.2, 0.25) is 0 Å². The number of nitrogens with zero attached hydrogens (tertiary/aromatic N) is 1. The van der Waals surface area contributed by atoms with E-state index in [0.29, 0.717) is 0 Å². The zero-order valence-electron chi connectivity index (χ0n) is 8.40. The summed E-state index contributed by atoms with van der Waals surface area (Å²) in [4.78, 5) is 0.128. The molecule has 86 valence electrons. The third-order valence-corrected chi connectivity index (χ3v) is 3.64. The summed E-state index contributed by atoms with van der Waals surface area (Å²) in [5.74, 6) is 0. The quantitative estimate of drug-likeness (QED) is 0.744. The van der Waals surface area contributed by atoms with Crippen LogP contribution < -0.4 is 4.72 Å². The smallest absolute Gasteiger partial charge is 0.243 e. The van der Waals surface area contributed by atoms with Gasteiger partial charge in [0.25, 0.3) is 0 Å². The Kier molecular flexibility index (Phi) is 4.56. The number of alkyl halides is 1. The zero-order chi connectivity index (χ0) is 11.3. The van der Waals surface area contributed by atoms with Gasteiger partial charge in [0.1, 0.15) is 4.90 Å². The molecule has 0 amide bonds. The van der Waals surface area contributed by atoms with Gasteiger partial charge in [-0.2, -0.15) is 5.10 Å². The van der Waals surface area contributed by atoms with Gasteiger partial charge in [0.05, 0.1) is 6.20 Å². The van der Waals surface area contributed by atoms with Crippen LogP contribution in [0.3, 0.4) is 0 Å². The van der Waals surface area contributed by atoms with Crippen molar-refractivity contribution in [3.63, 3.8) is 0 Å². The molecule has 0 fully saturated rings. The van der Waals surface area contributed by atoms with Gasteiger partial charge in [0.2, 0.25) is 10.0 Å². The lowest BCUT2D eigenvalue weighted by Crippen LogP contribution is -2.29. The van der Waals surface area contributed by atoms with E-state index in [4.69, 9.17) is 11.6 Å². The molecule has 2 N–H and O–H groups in total. The van der Waals surface area contributed by atoms with E-state index in [2.05, 4.69) is 14.9 Å². The number of hydrogen-bond donors (Lipinski definition) is 2. The monoisotopic (exact) mass is 251 g/mol. The Labute approximate surface area is 94.3 Å². The van der Waals surface area contributed by atoms with Crippen LogP contribution in [0, 0.1) is 0 Å². The summed E-state index contributed by atoms with van der Waals surface area (Å²) in [6.07, 6.45) is 4.30. The standard InChI is InChI=1S/C8H14ClN3O2S/c1-2-3-7(9)4-12-15(13,14)8-5-10-11-6-8/h5-7,12H,2-4H2,1H3,(H,10,11). The maximum atomic E-state index is 11.6. The first kappa shape index (κ1) is 12.5. The van der Waals surface area contributed by atoms with Gasteiger partial charge in [0.15, 0.2) is 0 Å². The lowest BCUT2D eigenvalue weighted by atomic mass is 10.2. The average molecular weight is 252 g/mol. The van der Waals surface area contributed by atoms with Crippen molar-refractivity contribution < 1.29 is 8.42 Å². The van der Waals surface area contributed by atoms with Gasteiger partial charge < -0.3 is 0 Å². The van der Waals surface area contributed by atoms with Crippen LogP contribution in [-0.4, -0.2) is 30.5 Å². The molecule has 5 nitrogen and oxygen atoms in total. The molecule has 0 bridgehead atoms. The van der Waals surface area contributed by atoms with Gasteiger partial charge in [-0.05, 0) is 6.42 Å². The molecule has 0 aromatic carbocycles. The molecule has 0 spiro atoms. The predicted molar refractivity (Wildman–Crippen MR) is 58.3 cm³/mol. The maximum absolute atomic E-state index is 11.6. The number of nitrogens with one attached hydrogen (secondary N) is 2. The molecule has 0 radical (unpaired) electrons. The van der Waals surface area contributed by atoms with Crippen LogP contribution in [0.4, 0.5) is 0 Å². The number of aromatic amines is 1. The van der Waals surface area contributed by atoms with Crippen molar-refractivity contribution in [1.29, 1.82) is 0 Å². The molecule has 7 heteroatoms. The number of halogens is 1. The highest BCUT2D eigenvalue weighted by Gasteiger charge is 2.16. The molecule has 0 saturated heterocycles. The first-order valence-corrected chi connectivity index (χ1v) is 6.60. The fourth-order valence-corrected chi connectivity index (χ4v) is 2.46. The zero-order valence-corrected chi connectivity index (χ0v) is 9.98.